The van der Waals surface area contributed by atoms with Gasteiger partial charge >= 0.3 is 0 Å². The van der Waals surface area contributed by atoms with Gasteiger partial charge in [-0.15, -0.1) is 0 Å². The molecule has 0 spiro atoms. The number of nitrogens with zero attached hydrogens (tertiary/aromatic N) is 1. The summed E-state index contributed by atoms with van der Waals surface area (Å²) in [6, 6.07) is 8.11. The van der Waals surface area contributed by atoms with Crippen molar-refractivity contribution in [3.8, 4) is 0 Å². The summed E-state index contributed by atoms with van der Waals surface area (Å²) in [7, 11) is -0.0762. The molecule has 0 aromatic heterocycles. The van der Waals surface area contributed by atoms with Crippen molar-refractivity contribution in [1.82, 2.24) is 9.62 Å². The van der Waals surface area contributed by atoms with Gasteiger partial charge in [-0.25, -0.2) is 12.7 Å². The maximum Gasteiger partial charge on any atom is 0.217 e. The molecule has 0 bridgehead atoms. The van der Waals surface area contributed by atoms with Gasteiger partial charge in [0, 0.05) is 26.7 Å². The molecular formula is C13H22N2O2S. The van der Waals surface area contributed by atoms with Crippen molar-refractivity contribution in [3.63, 3.8) is 0 Å². The second-order valence-corrected chi connectivity index (χ2v) is 7.08. The molecule has 1 aromatic rings. The largest absolute Gasteiger partial charge is 0.310 e. The first-order chi connectivity index (χ1) is 8.31. The molecule has 4 nitrogen and oxygen atoms in total. The second-order valence-electron chi connectivity index (χ2n) is 4.89. The SMILES string of the molecule is CC(C)NCc1cccc(CS(=O)(=O)N(C)C)c1. The van der Waals surface area contributed by atoms with Crippen LogP contribution in [0.25, 0.3) is 0 Å². The quantitative estimate of drug-likeness (QED) is 0.854. The Morgan fingerprint density at radius 2 is 1.83 bits per heavy atom. The van der Waals surface area contributed by atoms with E-state index in [1.165, 1.54) is 4.31 Å². The molecule has 18 heavy (non-hydrogen) atoms. The third-order valence-electron chi connectivity index (χ3n) is 2.61. The van der Waals surface area contributed by atoms with Crippen LogP contribution in [-0.2, 0) is 22.3 Å². The van der Waals surface area contributed by atoms with Crippen molar-refractivity contribution in [2.45, 2.75) is 32.2 Å². The summed E-state index contributed by atoms with van der Waals surface area (Å²) in [5.41, 5.74) is 1.93. The lowest BCUT2D eigenvalue weighted by Gasteiger charge is -2.12. The maximum absolute atomic E-state index is 11.8. The van der Waals surface area contributed by atoms with Gasteiger partial charge in [-0.2, -0.15) is 0 Å². The van der Waals surface area contributed by atoms with Crippen LogP contribution in [0.4, 0.5) is 0 Å². The zero-order valence-electron chi connectivity index (χ0n) is 11.5. The number of rotatable bonds is 6. The van der Waals surface area contributed by atoms with E-state index in [-0.39, 0.29) is 5.75 Å². The van der Waals surface area contributed by atoms with Crippen molar-refractivity contribution in [1.29, 1.82) is 0 Å². The lowest BCUT2D eigenvalue weighted by Crippen LogP contribution is -2.24. The van der Waals surface area contributed by atoms with Crippen LogP contribution in [-0.4, -0.2) is 32.9 Å². The van der Waals surface area contributed by atoms with Gasteiger partial charge in [0.25, 0.3) is 0 Å². The Hall–Kier alpha value is -0.910. The first kappa shape index (κ1) is 15.1. The van der Waals surface area contributed by atoms with E-state index < -0.39 is 10.0 Å². The Kier molecular flexibility index (Phi) is 5.31. The van der Waals surface area contributed by atoms with E-state index in [0.717, 1.165) is 17.7 Å². The van der Waals surface area contributed by atoms with Gasteiger partial charge in [-0.05, 0) is 11.1 Å². The Balaban J connectivity index is 2.77. The van der Waals surface area contributed by atoms with E-state index in [1.807, 2.05) is 24.3 Å². The minimum Gasteiger partial charge on any atom is -0.310 e. The third kappa shape index (κ3) is 4.76. The first-order valence-electron chi connectivity index (χ1n) is 6.02. The molecule has 102 valence electrons. The maximum atomic E-state index is 11.8. The lowest BCUT2D eigenvalue weighted by atomic mass is 10.1. The van der Waals surface area contributed by atoms with Crippen molar-refractivity contribution < 1.29 is 8.42 Å². The van der Waals surface area contributed by atoms with Gasteiger partial charge in [0.2, 0.25) is 10.0 Å². The third-order valence-corrected chi connectivity index (χ3v) is 4.42. The highest BCUT2D eigenvalue weighted by Crippen LogP contribution is 2.11. The lowest BCUT2D eigenvalue weighted by molar-refractivity contribution is 0.519. The van der Waals surface area contributed by atoms with E-state index in [0.29, 0.717) is 6.04 Å². The van der Waals surface area contributed by atoms with E-state index in [1.54, 1.807) is 14.1 Å². The highest BCUT2D eigenvalue weighted by atomic mass is 32.2. The minimum absolute atomic E-state index is 0.0511. The van der Waals surface area contributed by atoms with Crippen LogP contribution >= 0.6 is 0 Å². The molecule has 0 unspecified atom stereocenters. The van der Waals surface area contributed by atoms with E-state index >= 15 is 0 Å². The summed E-state index contributed by atoms with van der Waals surface area (Å²) in [5, 5.41) is 3.31. The average Bonchev–Trinajstić information content (AvgIpc) is 2.26. The molecule has 5 heteroatoms. The Morgan fingerprint density at radius 3 is 2.39 bits per heavy atom. The van der Waals surface area contributed by atoms with E-state index in [9.17, 15) is 8.42 Å². The molecule has 1 N–H and O–H groups in total. The van der Waals surface area contributed by atoms with Crippen LogP contribution in [0.2, 0.25) is 0 Å². The summed E-state index contributed by atoms with van der Waals surface area (Å²) >= 11 is 0. The number of nitrogens with one attached hydrogen (secondary N) is 1. The Morgan fingerprint density at radius 1 is 1.22 bits per heavy atom. The summed E-state index contributed by atoms with van der Waals surface area (Å²) in [6.45, 7) is 4.92. The predicted octanol–water partition coefficient (Wildman–Crippen LogP) is 1.58. The summed E-state index contributed by atoms with van der Waals surface area (Å²) < 4.78 is 24.8. The molecule has 0 fully saturated rings. The van der Waals surface area contributed by atoms with E-state index in [2.05, 4.69) is 19.2 Å². The number of benzene rings is 1. The molecule has 1 rings (SSSR count). The predicted molar refractivity (Wildman–Crippen MR) is 74.7 cm³/mol. The molecule has 0 saturated carbocycles. The Bertz CT molecular complexity index is 482. The first-order valence-corrected chi connectivity index (χ1v) is 7.63. The smallest absolute Gasteiger partial charge is 0.217 e. The van der Waals surface area contributed by atoms with Crippen molar-refractivity contribution >= 4 is 10.0 Å². The molecule has 0 aliphatic carbocycles. The van der Waals surface area contributed by atoms with Gasteiger partial charge in [-0.1, -0.05) is 38.1 Å². The van der Waals surface area contributed by atoms with Gasteiger partial charge in [0.1, 0.15) is 0 Å². The highest BCUT2D eigenvalue weighted by molar-refractivity contribution is 7.88. The highest BCUT2D eigenvalue weighted by Gasteiger charge is 2.14. The van der Waals surface area contributed by atoms with Crippen LogP contribution < -0.4 is 5.32 Å². The normalized spacial score (nSPS) is 12.3. The van der Waals surface area contributed by atoms with Crippen LogP contribution in [0.15, 0.2) is 24.3 Å². The number of hydrogen-bond acceptors (Lipinski definition) is 3. The zero-order valence-corrected chi connectivity index (χ0v) is 12.3. The molecule has 0 atom stereocenters. The van der Waals surface area contributed by atoms with Gasteiger partial charge in [0.15, 0.2) is 0 Å². The molecule has 0 aliphatic heterocycles. The van der Waals surface area contributed by atoms with Gasteiger partial charge in [-0.3, -0.25) is 0 Å². The molecule has 0 aliphatic rings. The number of sulfonamides is 1. The van der Waals surface area contributed by atoms with Crippen molar-refractivity contribution in [2.75, 3.05) is 14.1 Å². The molecule has 0 saturated heterocycles. The van der Waals surface area contributed by atoms with Crippen LogP contribution in [0.5, 0.6) is 0 Å². The fourth-order valence-corrected chi connectivity index (χ4v) is 2.35. The molecule has 0 heterocycles. The molecular weight excluding hydrogens is 248 g/mol. The van der Waals surface area contributed by atoms with Crippen molar-refractivity contribution in [2.24, 2.45) is 0 Å². The summed E-state index contributed by atoms with van der Waals surface area (Å²) in [4.78, 5) is 0. The average molecular weight is 270 g/mol. The topological polar surface area (TPSA) is 49.4 Å². The monoisotopic (exact) mass is 270 g/mol. The van der Waals surface area contributed by atoms with E-state index in [4.69, 9.17) is 0 Å². The summed E-state index contributed by atoms with van der Waals surface area (Å²) in [5.74, 6) is 0.0511. The molecule has 0 radical (unpaired) electrons. The Labute approximate surface area is 110 Å². The van der Waals surface area contributed by atoms with Crippen LogP contribution in [0.3, 0.4) is 0 Å². The van der Waals surface area contributed by atoms with Gasteiger partial charge < -0.3 is 5.32 Å². The van der Waals surface area contributed by atoms with Crippen LogP contribution in [0.1, 0.15) is 25.0 Å². The van der Waals surface area contributed by atoms with Crippen molar-refractivity contribution in [3.05, 3.63) is 35.4 Å². The van der Waals surface area contributed by atoms with Crippen LogP contribution in [0, 0.1) is 0 Å². The van der Waals surface area contributed by atoms with Gasteiger partial charge in [0.05, 0.1) is 5.75 Å². The fourth-order valence-electron chi connectivity index (χ4n) is 1.49. The zero-order chi connectivity index (χ0) is 13.8. The fraction of sp³-hybridized carbons (Fsp3) is 0.538. The molecule has 0 amide bonds. The molecule has 1 aromatic carbocycles. The standard InChI is InChI=1S/C13H22N2O2S/c1-11(2)14-9-12-6-5-7-13(8-12)10-18(16,17)15(3)4/h5-8,11,14H,9-10H2,1-4H3. The summed E-state index contributed by atoms with van der Waals surface area (Å²) in [6.07, 6.45) is 0. The number of hydrogen-bond donors (Lipinski definition) is 1. The second kappa shape index (κ2) is 6.31. The minimum atomic E-state index is -3.19.